The van der Waals surface area contributed by atoms with Gasteiger partial charge in [0.25, 0.3) is 11.7 Å². The summed E-state index contributed by atoms with van der Waals surface area (Å²) in [6.07, 6.45) is 1.48. The SMILES string of the molecule is Cc1n[nH]c(C)c1C(O)=C1C(=O)C(=O)N(CCN(C)C)[C@@H]1c1ccco1. The highest BCUT2D eigenvalue weighted by Crippen LogP contribution is 2.40. The molecule has 26 heavy (non-hydrogen) atoms. The van der Waals surface area contributed by atoms with Crippen molar-refractivity contribution in [2.45, 2.75) is 19.9 Å². The molecule has 1 atom stereocenters. The van der Waals surface area contributed by atoms with E-state index in [2.05, 4.69) is 10.2 Å². The van der Waals surface area contributed by atoms with Crippen molar-refractivity contribution in [3.8, 4) is 0 Å². The van der Waals surface area contributed by atoms with Crippen molar-refractivity contribution in [2.24, 2.45) is 0 Å². The Balaban J connectivity index is 2.14. The molecule has 8 nitrogen and oxygen atoms in total. The molecule has 0 aliphatic carbocycles. The number of likely N-dealkylation sites (N-methyl/N-ethyl adjacent to an activating group) is 1. The third-order valence-corrected chi connectivity index (χ3v) is 4.51. The summed E-state index contributed by atoms with van der Waals surface area (Å²) in [5.41, 5.74) is 1.64. The Hall–Kier alpha value is -2.87. The van der Waals surface area contributed by atoms with Crippen molar-refractivity contribution >= 4 is 17.4 Å². The summed E-state index contributed by atoms with van der Waals surface area (Å²) in [5, 5.41) is 17.7. The first-order chi connectivity index (χ1) is 12.3. The predicted molar refractivity (Wildman–Crippen MR) is 94.3 cm³/mol. The summed E-state index contributed by atoms with van der Waals surface area (Å²) >= 11 is 0. The topological polar surface area (TPSA) is 103 Å². The Morgan fingerprint density at radius 3 is 2.65 bits per heavy atom. The van der Waals surface area contributed by atoms with Gasteiger partial charge in [-0.05, 0) is 40.1 Å². The van der Waals surface area contributed by atoms with Crippen LogP contribution in [0.15, 0.2) is 28.4 Å². The first-order valence-corrected chi connectivity index (χ1v) is 8.31. The first-order valence-electron chi connectivity index (χ1n) is 8.31. The van der Waals surface area contributed by atoms with E-state index < -0.39 is 17.7 Å². The minimum absolute atomic E-state index is 0.0244. The number of amides is 1. The van der Waals surface area contributed by atoms with E-state index in [0.29, 0.717) is 35.8 Å². The number of carbonyl (C=O) groups excluding carboxylic acids is 2. The Kier molecular flexibility index (Phi) is 4.69. The monoisotopic (exact) mass is 358 g/mol. The number of furan rings is 1. The fourth-order valence-corrected chi connectivity index (χ4v) is 3.20. The van der Waals surface area contributed by atoms with Crippen molar-refractivity contribution in [1.82, 2.24) is 20.0 Å². The number of aryl methyl sites for hydroxylation is 2. The maximum absolute atomic E-state index is 12.7. The molecule has 1 aliphatic heterocycles. The second kappa shape index (κ2) is 6.80. The summed E-state index contributed by atoms with van der Waals surface area (Å²) in [6.45, 7) is 4.39. The average Bonchev–Trinajstić information content (AvgIpc) is 3.27. The minimum Gasteiger partial charge on any atom is -0.507 e. The summed E-state index contributed by atoms with van der Waals surface area (Å²) < 4.78 is 5.48. The van der Waals surface area contributed by atoms with Gasteiger partial charge in [-0.3, -0.25) is 14.7 Å². The number of aliphatic hydroxyl groups is 1. The van der Waals surface area contributed by atoms with Crippen LogP contribution < -0.4 is 0 Å². The fourth-order valence-electron chi connectivity index (χ4n) is 3.20. The molecule has 3 rings (SSSR count). The van der Waals surface area contributed by atoms with Crippen LogP contribution in [0, 0.1) is 13.8 Å². The third-order valence-electron chi connectivity index (χ3n) is 4.51. The molecule has 138 valence electrons. The van der Waals surface area contributed by atoms with Gasteiger partial charge in [0.05, 0.1) is 23.1 Å². The molecule has 1 amide bonds. The number of Topliss-reactive ketones (excluding diaryl/α,β-unsaturated/α-hetero) is 1. The highest BCUT2D eigenvalue weighted by molar-refractivity contribution is 6.46. The number of aromatic amines is 1. The van der Waals surface area contributed by atoms with E-state index in [1.807, 2.05) is 19.0 Å². The highest BCUT2D eigenvalue weighted by atomic mass is 16.3. The lowest BCUT2D eigenvalue weighted by molar-refractivity contribution is -0.140. The molecule has 8 heteroatoms. The molecule has 0 spiro atoms. The fraction of sp³-hybridized carbons (Fsp3) is 0.389. The lowest BCUT2D eigenvalue weighted by Gasteiger charge is -2.24. The van der Waals surface area contributed by atoms with Crippen LogP contribution in [-0.4, -0.2) is 64.0 Å². The van der Waals surface area contributed by atoms with E-state index in [1.54, 1.807) is 26.0 Å². The lowest BCUT2D eigenvalue weighted by atomic mass is 9.98. The second-order valence-electron chi connectivity index (χ2n) is 6.62. The zero-order valence-electron chi connectivity index (χ0n) is 15.2. The van der Waals surface area contributed by atoms with Gasteiger partial charge in [-0.25, -0.2) is 0 Å². The van der Waals surface area contributed by atoms with Gasteiger partial charge in [-0.2, -0.15) is 5.10 Å². The quantitative estimate of drug-likeness (QED) is 0.478. The van der Waals surface area contributed by atoms with Crippen molar-refractivity contribution in [3.05, 3.63) is 46.7 Å². The highest BCUT2D eigenvalue weighted by Gasteiger charge is 2.47. The molecule has 0 bridgehead atoms. The molecule has 1 fully saturated rings. The molecule has 2 N–H and O–H groups in total. The number of rotatable bonds is 5. The molecular formula is C18H22N4O4. The number of H-pyrrole nitrogens is 1. The molecule has 1 aliphatic rings. The van der Waals surface area contributed by atoms with E-state index in [-0.39, 0.29) is 11.3 Å². The molecule has 3 heterocycles. The van der Waals surface area contributed by atoms with Gasteiger partial charge < -0.3 is 19.3 Å². The maximum Gasteiger partial charge on any atom is 0.295 e. The van der Waals surface area contributed by atoms with Crippen LogP contribution in [-0.2, 0) is 9.59 Å². The number of nitrogens with one attached hydrogen (secondary N) is 1. The largest absolute Gasteiger partial charge is 0.507 e. The van der Waals surface area contributed by atoms with Gasteiger partial charge in [-0.1, -0.05) is 0 Å². The molecule has 2 aromatic rings. The number of nitrogens with zero attached hydrogens (tertiary/aromatic N) is 3. The number of likely N-dealkylation sites (tertiary alicyclic amines) is 1. The van der Waals surface area contributed by atoms with Gasteiger partial charge >= 0.3 is 0 Å². The smallest absolute Gasteiger partial charge is 0.295 e. The van der Waals surface area contributed by atoms with Crippen LogP contribution in [0.3, 0.4) is 0 Å². The standard InChI is InChI=1S/C18H22N4O4/c1-10-13(11(2)20-19-10)16(23)14-15(12-6-5-9-26-12)22(8-7-21(3)4)18(25)17(14)24/h5-6,9,15,23H,7-8H2,1-4H3,(H,19,20)/t15-/m1/s1. The van der Waals surface area contributed by atoms with Gasteiger partial charge in [0.2, 0.25) is 0 Å². The maximum atomic E-state index is 12.7. The van der Waals surface area contributed by atoms with E-state index in [0.717, 1.165) is 0 Å². The molecule has 0 unspecified atom stereocenters. The third kappa shape index (κ3) is 2.92. The van der Waals surface area contributed by atoms with E-state index in [1.165, 1.54) is 11.2 Å². The van der Waals surface area contributed by atoms with Crippen LogP contribution in [0.4, 0.5) is 0 Å². The van der Waals surface area contributed by atoms with E-state index >= 15 is 0 Å². The molecule has 0 aromatic carbocycles. The van der Waals surface area contributed by atoms with Crippen molar-refractivity contribution in [2.75, 3.05) is 27.2 Å². The van der Waals surface area contributed by atoms with Crippen LogP contribution in [0.5, 0.6) is 0 Å². The number of carbonyl (C=O) groups is 2. The van der Waals surface area contributed by atoms with Crippen LogP contribution in [0.2, 0.25) is 0 Å². The summed E-state index contributed by atoms with van der Waals surface area (Å²) in [6, 6.07) is 2.62. The van der Waals surface area contributed by atoms with Gasteiger partial charge in [0, 0.05) is 18.8 Å². The Bertz CT molecular complexity index is 844. The Morgan fingerprint density at radius 2 is 2.12 bits per heavy atom. The number of hydrogen-bond donors (Lipinski definition) is 2. The molecule has 1 saturated heterocycles. The molecular weight excluding hydrogens is 336 g/mol. The zero-order valence-corrected chi connectivity index (χ0v) is 15.2. The lowest BCUT2D eigenvalue weighted by Crippen LogP contribution is -2.35. The number of ketones is 1. The second-order valence-corrected chi connectivity index (χ2v) is 6.62. The van der Waals surface area contributed by atoms with Gasteiger partial charge in [-0.15, -0.1) is 0 Å². The van der Waals surface area contributed by atoms with Crippen molar-refractivity contribution in [3.63, 3.8) is 0 Å². The van der Waals surface area contributed by atoms with Crippen LogP contribution in [0.1, 0.15) is 28.8 Å². The summed E-state index contributed by atoms with van der Waals surface area (Å²) in [7, 11) is 3.77. The number of hydrogen-bond acceptors (Lipinski definition) is 6. The molecule has 2 aromatic heterocycles. The normalized spacial score (nSPS) is 19.7. The average molecular weight is 358 g/mol. The Morgan fingerprint density at radius 1 is 1.38 bits per heavy atom. The Labute approximate surface area is 151 Å². The number of aromatic nitrogens is 2. The van der Waals surface area contributed by atoms with Crippen LogP contribution >= 0.6 is 0 Å². The zero-order chi connectivity index (χ0) is 19.0. The van der Waals surface area contributed by atoms with Crippen LogP contribution in [0.25, 0.3) is 5.76 Å². The van der Waals surface area contributed by atoms with Gasteiger partial charge in [0.15, 0.2) is 0 Å². The first kappa shape index (κ1) is 17.9. The molecule has 0 radical (unpaired) electrons. The van der Waals surface area contributed by atoms with E-state index in [4.69, 9.17) is 4.42 Å². The number of aliphatic hydroxyl groups excluding tert-OH is 1. The minimum atomic E-state index is -0.765. The summed E-state index contributed by atoms with van der Waals surface area (Å²) in [5.74, 6) is -1.17. The predicted octanol–water partition coefficient (Wildman–Crippen LogP) is 1.60. The summed E-state index contributed by atoms with van der Waals surface area (Å²) in [4.78, 5) is 28.7. The van der Waals surface area contributed by atoms with Crippen molar-refractivity contribution < 1.29 is 19.1 Å². The van der Waals surface area contributed by atoms with Gasteiger partial charge in [0.1, 0.15) is 17.6 Å². The van der Waals surface area contributed by atoms with Crippen molar-refractivity contribution in [1.29, 1.82) is 0 Å². The molecule has 0 saturated carbocycles. The van der Waals surface area contributed by atoms with E-state index in [9.17, 15) is 14.7 Å².